The second-order valence-corrected chi connectivity index (χ2v) is 7.05. The summed E-state index contributed by atoms with van der Waals surface area (Å²) in [6, 6.07) is 0. The molecule has 1 atom stereocenters. The summed E-state index contributed by atoms with van der Waals surface area (Å²) in [6.45, 7) is 7.65. The summed E-state index contributed by atoms with van der Waals surface area (Å²) in [5.74, 6) is 0.467. The SMILES string of the molecule is COCCCNCC(C)S(=O)(=O)CC(C)C. The van der Waals surface area contributed by atoms with Crippen LogP contribution in [0.2, 0.25) is 0 Å². The minimum atomic E-state index is -2.95. The summed E-state index contributed by atoms with van der Waals surface area (Å²) < 4.78 is 28.5. The highest BCUT2D eigenvalue weighted by molar-refractivity contribution is 7.92. The quantitative estimate of drug-likeness (QED) is 0.623. The van der Waals surface area contributed by atoms with Crippen molar-refractivity contribution in [3.63, 3.8) is 0 Å². The molecule has 0 radical (unpaired) electrons. The maximum Gasteiger partial charge on any atom is 0.154 e. The van der Waals surface area contributed by atoms with Crippen molar-refractivity contribution in [3.05, 3.63) is 0 Å². The van der Waals surface area contributed by atoms with Crippen LogP contribution in [0.5, 0.6) is 0 Å². The van der Waals surface area contributed by atoms with Gasteiger partial charge in [-0.05, 0) is 25.8 Å². The molecule has 98 valence electrons. The van der Waals surface area contributed by atoms with Gasteiger partial charge in [0.15, 0.2) is 9.84 Å². The van der Waals surface area contributed by atoms with E-state index in [0.717, 1.165) is 13.0 Å². The number of hydrogen-bond acceptors (Lipinski definition) is 4. The van der Waals surface area contributed by atoms with Crippen molar-refractivity contribution in [2.45, 2.75) is 32.4 Å². The molecule has 0 spiro atoms. The summed E-state index contributed by atoms with van der Waals surface area (Å²) in [5, 5.41) is 2.83. The Hall–Kier alpha value is -0.130. The van der Waals surface area contributed by atoms with Crippen LogP contribution < -0.4 is 5.32 Å². The van der Waals surface area contributed by atoms with Crippen molar-refractivity contribution in [2.75, 3.05) is 32.6 Å². The molecule has 4 nitrogen and oxygen atoms in total. The fraction of sp³-hybridized carbons (Fsp3) is 1.00. The fourth-order valence-corrected chi connectivity index (χ4v) is 3.03. The van der Waals surface area contributed by atoms with E-state index in [-0.39, 0.29) is 16.9 Å². The first-order chi connectivity index (χ1) is 7.40. The lowest BCUT2D eigenvalue weighted by atomic mass is 10.3. The predicted molar refractivity (Wildman–Crippen MR) is 67.4 cm³/mol. The molecule has 0 saturated heterocycles. The second-order valence-electron chi connectivity index (χ2n) is 4.58. The van der Waals surface area contributed by atoms with E-state index in [0.29, 0.717) is 13.2 Å². The van der Waals surface area contributed by atoms with E-state index < -0.39 is 9.84 Å². The highest BCUT2D eigenvalue weighted by Gasteiger charge is 2.21. The van der Waals surface area contributed by atoms with E-state index >= 15 is 0 Å². The summed E-state index contributed by atoms with van der Waals surface area (Å²) in [4.78, 5) is 0. The van der Waals surface area contributed by atoms with Gasteiger partial charge in [-0.25, -0.2) is 8.42 Å². The minimum Gasteiger partial charge on any atom is -0.385 e. The molecule has 0 saturated carbocycles. The highest BCUT2D eigenvalue weighted by atomic mass is 32.2. The van der Waals surface area contributed by atoms with Gasteiger partial charge in [0.1, 0.15) is 0 Å². The lowest BCUT2D eigenvalue weighted by molar-refractivity contribution is 0.194. The first kappa shape index (κ1) is 15.9. The zero-order valence-corrected chi connectivity index (χ0v) is 11.6. The van der Waals surface area contributed by atoms with E-state index in [1.807, 2.05) is 13.8 Å². The van der Waals surface area contributed by atoms with Crippen molar-refractivity contribution >= 4 is 9.84 Å². The lowest BCUT2D eigenvalue weighted by Gasteiger charge is -2.15. The van der Waals surface area contributed by atoms with E-state index in [9.17, 15) is 8.42 Å². The van der Waals surface area contributed by atoms with Gasteiger partial charge < -0.3 is 10.1 Å². The van der Waals surface area contributed by atoms with Gasteiger partial charge in [-0.15, -0.1) is 0 Å². The van der Waals surface area contributed by atoms with Crippen LogP contribution in [0.15, 0.2) is 0 Å². The molecule has 0 rings (SSSR count). The molecule has 0 amide bonds. The zero-order valence-electron chi connectivity index (χ0n) is 10.8. The monoisotopic (exact) mass is 251 g/mol. The van der Waals surface area contributed by atoms with Crippen LogP contribution in [0.1, 0.15) is 27.2 Å². The molecule has 0 aromatic rings. The molecule has 0 aromatic heterocycles. The Kier molecular flexibility index (Phi) is 7.97. The first-order valence-corrected chi connectivity index (χ1v) is 7.53. The second kappa shape index (κ2) is 8.03. The Morgan fingerprint density at radius 1 is 1.25 bits per heavy atom. The maximum absolute atomic E-state index is 11.8. The molecular weight excluding hydrogens is 226 g/mol. The van der Waals surface area contributed by atoms with Gasteiger partial charge >= 0.3 is 0 Å². The third-order valence-electron chi connectivity index (χ3n) is 2.31. The zero-order chi connectivity index (χ0) is 12.6. The van der Waals surface area contributed by atoms with E-state index in [2.05, 4.69) is 5.32 Å². The normalized spacial score (nSPS) is 14.3. The molecule has 0 heterocycles. The van der Waals surface area contributed by atoms with Crippen molar-refractivity contribution in [1.82, 2.24) is 5.32 Å². The summed E-state index contributed by atoms with van der Waals surface area (Å²) in [6.07, 6.45) is 0.910. The predicted octanol–water partition coefficient (Wildman–Crippen LogP) is 1.07. The Bertz CT molecular complexity index is 262. The smallest absolute Gasteiger partial charge is 0.154 e. The molecule has 0 aliphatic rings. The first-order valence-electron chi connectivity index (χ1n) is 5.81. The Morgan fingerprint density at radius 3 is 2.38 bits per heavy atom. The molecule has 0 bridgehead atoms. The fourth-order valence-electron chi connectivity index (χ4n) is 1.40. The van der Waals surface area contributed by atoms with Crippen LogP contribution in [0.25, 0.3) is 0 Å². The van der Waals surface area contributed by atoms with Gasteiger partial charge in [0.2, 0.25) is 0 Å². The lowest BCUT2D eigenvalue weighted by Crippen LogP contribution is -2.34. The minimum absolute atomic E-state index is 0.195. The molecule has 1 N–H and O–H groups in total. The van der Waals surface area contributed by atoms with E-state index in [1.165, 1.54) is 0 Å². The largest absolute Gasteiger partial charge is 0.385 e. The Balaban J connectivity index is 3.83. The topological polar surface area (TPSA) is 55.4 Å². The number of sulfone groups is 1. The standard InChI is InChI=1S/C11H25NO3S/c1-10(2)9-16(13,14)11(3)8-12-6-5-7-15-4/h10-12H,5-9H2,1-4H3. The van der Waals surface area contributed by atoms with Gasteiger partial charge in [-0.1, -0.05) is 13.8 Å². The van der Waals surface area contributed by atoms with Crippen LogP contribution in [-0.2, 0) is 14.6 Å². The van der Waals surface area contributed by atoms with Crippen LogP contribution in [0, 0.1) is 5.92 Å². The highest BCUT2D eigenvalue weighted by Crippen LogP contribution is 2.06. The average molecular weight is 251 g/mol. The number of hydrogen-bond donors (Lipinski definition) is 1. The van der Waals surface area contributed by atoms with Gasteiger partial charge in [-0.2, -0.15) is 0 Å². The Labute approximate surface area is 99.7 Å². The molecule has 16 heavy (non-hydrogen) atoms. The third-order valence-corrected chi connectivity index (χ3v) is 4.84. The molecule has 0 fully saturated rings. The molecule has 0 aromatic carbocycles. The molecule has 0 aliphatic carbocycles. The third kappa shape index (κ3) is 7.19. The van der Waals surface area contributed by atoms with Crippen molar-refractivity contribution in [2.24, 2.45) is 5.92 Å². The van der Waals surface area contributed by atoms with Crippen molar-refractivity contribution in [1.29, 1.82) is 0 Å². The molecule has 0 aliphatic heterocycles. The van der Waals surface area contributed by atoms with Crippen LogP contribution >= 0.6 is 0 Å². The Morgan fingerprint density at radius 2 is 1.88 bits per heavy atom. The van der Waals surface area contributed by atoms with Crippen molar-refractivity contribution < 1.29 is 13.2 Å². The van der Waals surface area contributed by atoms with E-state index in [1.54, 1.807) is 14.0 Å². The van der Waals surface area contributed by atoms with Crippen LogP contribution in [0.4, 0.5) is 0 Å². The van der Waals surface area contributed by atoms with Crippen LogP contribution in [-0.4, -0.2) is 46.2 Å². The number of nitrogens with one attached hydrogen (secondary N) is 1. The number of rotatable bonds is 9. The van der Waals surface area contributed by atoms with E-state index in [4.69, 9.17) is 4.74 Å². The molecular formula is C11H25NO3S. The van der Waals surface area contributed by atoms with Crippen molar-refractivity contribution in [3.8, 4) is 0 Å². The number of methoxy groups -OCH3 is 1. The summed E-state index contributed by atoms with van der Waals surface area (Å²) in [5.41, 5.74) is 0. The maximum atomic E-state index is 11.8. The van der Waals surface area contributed by atoms with Crippen LogP contribution in [0.3, 0.4) is 0 Å². The molecule has 1 unspecified atom stereocenters. The van der Waals surface area contributed by atoms with Gasteiger partial charge in [0, 0.05) is 20.3 Å². The van der Waals surface area contributed by atoms with Gasteiger partial charge in [0.05, 0.1) is 11.0 Å². The number of ether oxygens (including phenoxy) is 1. The molecule has 5 heteroatoms. The van der Waals surface area contributed by atoms with Gasteiger partial charge in [-0.3, -0.25) is 0 Å². The summed E-state index contributed by atoms with van der Waals surface area (Å²) in [7, 11) is -1.28. The average Bonchev–Trinajstić information content (AvgIpc) is 2.15. The summed E-state index contributed by atoms with van der Waals surface area (Å²) >= 11 is 0. The van der Waals surface area contributed by atoms with Gasteiger partial charge in [0.25, 0.3) is 0 Å².